The number of halogens is 1. The minimum absolute atomic E-state index is 0.0477. The Morgan fingerprint density at radius 1 is 1.14 bits per heavy atom. The molecule has 3 fully saturated rings. The Morgan fingerprint density at radius 3 is 2.82 bits per heavy atom. The van der Waals surface area contributed by atoms with E-state index in [1.165, 1.54) is 11.1 Å². The van der Waals surface area contributed by atoms with Gasteiger partial charge in [-0.1, -0.05) is 24.3 Å². The summed E-state index contributed by atoms with van der Waals surface area (Å²) in [5.74, 6) is -0.560. The lowest BCUT2D eigenvalue weighted by Crippen LogP contribution is -2.51. The number of nitrogens with one attached hydrogen (secondary N) is 2. The van der Waals surface area contributed by atoms with E-state index in [0.29, 0.717) is 26.1 Å². The summed E-state index contributed by atoms with van der Waals surface area (Å²) < 4.78 is 14.6. The van der Waals surface area contributed by atoms with E-state index in [1.807, 2.05) is 17.0 Å². The van der Waals surface area contributed by atoms with Gasteiger partial charge in [-0.15, -0.1) is 0 Å². The molecule has 0 spiro atoms. The average molecular weight is 386 g/mol. The average Bonchev–Trinajstić information content (AvgIpc) is 3.31. The number of alkyl halides is 1. The molecule has 4 aliphatic rings. The maximum absolute atomic E-state index is 14.6. The van der Waals surface area contributed by atoms with Gasteiger partial charge in [0.25, 0.3) is 0 Å². The van der Waals surface area contributed by atoms with Crippen LogP contribution < -0.4 is 10.9 Å². The van der Waals surface area contributed by atoms with E-state index in [1.54, 1.807) is 4.90 Å². The number of benzene rings is 1. The zero-order chi connectivity index (χ0) is 19.3. The molecule has 3 aliphatic heterocycles. The topological polar surface area (TPSA) is 64.7 Å². The highest BCUT2D eigenvalue weighted by Crippen LogP contribution is 2.36. The highest BCUT2D eigenvalue weighted by molar-refractivity contribution is 5.89. The molecule has 1 aromatic carbocycles. The minimum Gasteiger partial charge on any atom is -0.338 e. The van der Waals surface area contributed by atoms with E-state index in [0.717, 1.165) is 19.3 Å². The number of hydrogen-bond donors (Lipinski definition) is 2. The summed E-state index contributed by atoms with van der Waals surface area (Å²) >= 11 is 0. The van der Waals surface area contributed by atoms with Crippen molar-refractivity contribution in [3.8, 4) is 0 Å². The summed E-state index contributed by atoms with van der Waals surface area (Å²) in [4.78, 5) is 29.4. The van der Waals surface area contributed by atoms with Crippen LogP contribution in [-0.2, 0) is 22.6 Å². The van der Waals surface area contributed by atoms with Crippen molar-refractivity contribution in [3.05, 3.63) is 35.4 Å². The smallest absolute Gasteiger partial charge is 0.228 e. The molecule has 0 radical (unpaired) electrons. The number of hydrazine groups is 1. The Balaban J connectivity index is 1.27. The van der Waals surface area contributed by atoms with Gasteiger partial charge in [-0.3, -0.25) is 15.0 Å². The van der Waals surface area contributed by atoms with Gasteiger partial charge in [0, 0.05) is 38.0 Å². The number of likely N-dealkylation sites (tertiary alicyclic amines) is 1. The van der Waals surface area contributed by atoms with Gasteiger partial charge in [-0.2, -0.15) is 0 Å². The predicted octanol–water partition coefficient (Wildman–Crippen LogP) is 1.36. The van der Waals surface area contributed by atoms with Crippen LogP contribution in [0.1, 0.15) is 36.8 Å². The van der Waals surface area contributed by atoms with Crippen LogP contribution in [0.2, 0.25) is 0 Å². The molecule has 5 unspecified atom stereocenters. The molecule has 6 nitrogen and oxygen atoms in total. The zero-order valence-corrected chi connectivity index (χ0v) is 15.9. The SMILES string of the molecule is O=C(C1CC(=O)N(C2NNC3CCCC(F)C32)C1)N1CCc2ccccc2C1. The summed E-state index contributed by atoms with van der Waals surface area (Å²) in [5, 5.41) is 0. The van der Waals surface area contributed by atoms with Crippen LogP contribution in [0.3, 0.4) is 0 Å². The first-order valence-corrected chi connectivity index (χ1v) is 10.4. The molecule has 5 atom stereocenters. The van der Waals surface area contributed by atoms with Crippen LogP contribution in [0.15, 0.2) is 24.3 Å². The van der Waals surface area contributed by atoms with Gasteiger partial charge in [-0.05, 0) is 36.8 Å². The van der Waals surface area contributed by atoms with Crippen molar-refractivity contribution in [3.63, 3.8) is 0 Å². The molecule has 5 rings (SSSR count). The second-order valence-corrected chi connectivity index (χ2v) is 8.59. The first kappa shape index (κ1) is 18.1. The quantitative estimate of drug-likeness (QED) is 0.806. The van der Waals surface area contributed by atoms with Gasteiger partial charge >= 0.3 is 0 Å². The molecular weight excluding hydrogens is 359 g/mol. The Hall–Kier alpha value is -1.99. The van der Waals surface area contributed by atoms with E-state index < -0.39 is 6.17 Å². The van der Waals surface area contributed by atoms with Crippen molar-refractivity contribution in [2.75, 3.05) is 13.1 Å². The fourth-order valence-electron chi connectivity index (χ4n) is 5.44. The lowest BCUT2D eigenvalue weighted by Gasteiger charge is -2.35. The molecule has 2 saturated heterocycles. The molecule has 0 bridgehead atoms. The van der Waals surface area contributed by atoms with Gasteiger partial charge in [0.2, 0.25) is 11.8 Å². The van der Waals surface area contributed by atoms with Crippen molar-refractivity contribution in [1.82, 2.24) is 20.7 Å². The third kappa shape index (κ3) is 3.01. The lowest BCUT2D eigenvalue weighted by atomic mass is 9.82. The number of carbonyl (C=O) groups is 2. The van der Waals surface area contributed by atoms with Crippen molar-refractivity contribution in [2.45, 2.75) is 57.0 Å². The van der Waals surface area contributed by atoms with E-state index in [2.05, 4.69) is 23.0 Å². The maximum atomic E-state index is 14.6. The van der Waals surface area contributed by atoms with Crippen LogP contribution in [0, 0.1) is 11.8 Å². The summed E-state index contributed by atoms with van der Waals surface area (Å²) in [5.41, 5.74) is 8.81. The summed E-state index contributed by atoms with van der Waals surface area (Å²) in [7, 11) is 0. The van der Waals surface area contributed by atoms with E-state index in [9.17, 15) is 14.0 Å². The monoisotopic (exact) mass is 386 g/mol. The van der Waals surface area contributed by atoms with Crippen molar-refractivity contribution in [1.29, 1.82) is 0 Å². The lowest BCUT2D eigenvalue weighted by molar-refractivity contribution is -0.136. The molecule has 28 heavy (non-hydrogen) atoms. The van der Waals surface area contributed by atoms with Crippen molar-refractivity contribution in [2.24, 2.45) is 11.8 Å². The third-order valence-electron chi connectivity index (χ3n) is 6.94. The molecule has 7 heteroatoms. The van der Waals surface area contributed by atoms with Gasteiger partial charge < -0.3 is 9.80 Å². The maximum Gasteiger partial charge on any atom is 0.228 e. The van der Waals surface area contributed by atoms with Crippen molar-refractivity contribution >= 4 is 11.8 Å². The summed E-state index contributed by atoms with van der Waals surface area (Å²) in [6.45, 7) is 1.69. The molecule has 2 N–H and O–H groups in total. The minimum atomic E-state index is -0.910. The zero-order valence-electron chi connectivity index (χ0n) is 15.9. The van der Waals surface area contributed by atoms with Crippen LogP contribution in [0.4, 0.5) is 4.39 Å². The van der Waals surface area contributed by atoms with Crippen molar-refractivity contribution < 1.29 is 14.0 Å². The first-order chi connectivity index (χ1) is 13.6. The van der Waals surface area contributed by atoms with Gasteiger partial charge in [0.15, 0.2) is 0 Å². The number of carbonyl (C=O) groups excluding carboxylic acids is 2. The normalized spacial score (nSPS) is 35.0. The fourth-order valence-corrected chi connectivity index (χ4v) is 5.44. The van der Waals surface area contributed by atoms with E-state index in [4.69, 9.17) is 0 Å². The van der Waals surface area contributed by atoms with E-state index >= 15 is 0 Å². The molecule has 1 aromatic rings. The molecule has 2 amide bonds. The number of rotatable bonds is 2. The summed E-state index contributed by atoms with van der Waals surface area (Å²) in [6, 6.07) is 8.28. The fraction of sp³-hybridized carbons (Fsp3) is 0.619. The van der Waals surface area contributed by atoms with Gasteiger partial charge in [0.05, 0.1) is 5.92 Å². The number of fused-ring (bicyclic) bond motifs is 2. The first-order valence-electron chi connectivity index (χ1n) is 10.4. The molecule has 1 saturated carbocycles. The van der Waals surface area contributed by atoms with Crippen LogP contribution in [0.5, 0.6) is 0 Å². The Kier molecular flexibility index (Phi) is 4.59. The van der Waals surface area contributed by atoms with Gasteiger partial charge in [-0.25, -0.2) is 9.82 Å². The second kappa shape index (κ2) is 7.12. The Labute approximate surface area is 164 Å². The highest BCUT2D eigenvalue weighted by atomic mass is 19.1. The molecule has 3 heterocycles. The number of amides is 2. The standard InChI is InChI=1S/C21H27FN4O2/c22-16-6-3-7-17-19(16)20(24-23-17)26-12-15(10-18(26)27)21(28)25-9-8-13-4-1-2-5-14(13)11-25/h1-2,4-5,15-17,19-20,23-24H,3,6-12H2. The number of hydrogen-bond acceptors (Lipinski definition) is 4. The van der Waals surface area contributed by atoms with Crippen LogP contribution in [-0.4, -0.2) is 53.1 Å². The Bertz CT molecular complexity index is 787. The Morgan fingerprint density at radius 2 is 1.96 bits per heavy atom. The second-order valence-electron chi connectivity index (χ2n) is 8.59. The summed E-state index contributed by atoms with van der Waals surface area (Å²) in [6.07, 6.45) is 2.16. The molecule has 0 aromatic heterocycles. The van der Waals surface area contributed by atoms with Gasteiger partial charge in [0.1, 0.15) is 12.3 Å². The molecular formula is C21H27FN4O2. The number of nitrogens with zero attached hydrogens (tertiary/aromatic N) is 2. The van der Waals surface area contributed by atoms with E-state index in [-0.39, 0.29) is 42.3 Å². The van der Waals surface area contributed by atoms with Crippen LogP contribution >= 0.6 is 0 Å². The highest BCUT2D eigenvalue weighted by Gasteiger charge is 2.50. The molecule has 1 aliphatic carbocycles. The predicted molar refractivity (Wildman–Crippen MR) is 101 cm³/mol. The molecule has 150 valence electrons. The third-order valence-corrected chi connectivity index (χ3v) is 6.94. The van der Waals surface area contributed by atoms with Crippen LogP contribution in [0.25, 0.3) is 0 Å². The largest absolute Gasteiger partial charge is 0.338 e.